The molecule has 0 bridgehead atoms. The number of halogens is 1. The molecule has 0 aliphatic carbocycles. The summed E-state index contributed by atoms with van der Waals surface area (Å²) in [6.45, 7) is 1.91. The third-order valence-electron chi connectivity index (χ3n) is 10.6. The van der Waals surface area contributed by atoms with Gasteiger partial charge < -0.3 is 33.8 Å². The minimum atomic E-state index is -5.89. The molecule has 390 valence electrons. The summed E-state index contributed by atoms with van der Waals surface area (Å²) in [7, 11) is -16.7. The van der Waals surface area contributed by atoms with E-state index in [4.69, 9.17) is 36.8 Å². The largest absolute Gasteiger partial charge is 0.513 e. The number of aliphatic hydroxyl groups excluding tert-OH is 1. The minimum absolute atomic E-state index is 0.0610. The first kappa shape index (κ1) is 59.0. The van der Waals surface area contributed by atoms with E-state index in [9.17, 15) is 47.8 Å². The van der Waals surface area contributed by atoms with Gasteiger partial charge >= 0.3 is 41.3 Å². The molecular weight excluding hydrogens is 1050 g/mol. The summed E-state index contributed by atoms with van der Waals surface area (Å²) in [6, 6.07) is 11.3. The molecule has 70 heavy (non-hydrogen) atoms. The molecule has 25 heteroatoms. The second-order valence-electron chi connectivity index (χ2n) is 16.3. The number of aliphatic hydroxyl groups is 1. The van der Waals surface area contributed by atoms with Crippen LogP contribution in [0.4, 0.5) is 4.79 Å². The third kappa shape index (κ3) is 22.0. The number of benzene rings is 2. The van der Waals surface area contributed by atoms with Crippen molar-refractivity contribution in [2.24, 2.45) is 0 Å². The molecule has 0 spiro atoms. The number of carbonyl (C=O) groups excluding carboxylic acids is 2. The molecule has 2 heterocycles. The third-order valence-corrected chi connectivity index (χ3v) is 15.5. The van der Waals surface area contributed by atoms with Crippen molar-refractivity contribution in [3.05, 3.63) is 97.2 Å². The molecule has 2 aromatic carbocycles. The van der Waals surface area contributed by atoms with E-state index in [0.717, 1.165) is 23.8 Å². The number of hydrogen-bond acceptors (Lipinski definition) is 17. The summed E-state index contributed by atoms with van der Waals surface area (Å²) in [5.74, 6) is -0.193. The number of rotatable bonds is 33. The van der Waals surface area contributed by atoms with E-state index in [1.165, 1.54) is 130 Å². The van der Waals surface area contributed by atoms with Crippen LogP contribution in [-0.2, 0) is 63.4 Å². The molecule has 21 nitrogen and oxygen atoms in total. The Bertz CT molecular complexity index is 2380. The first-order valence-electron chi connectivity index (χ1n) is 23.2. The van der Waals surface area contributed by atoms with Gasteiger partial charge in [0.05, 0.1) is 38.1 Å². The molecule has 6 atom stereocenters. The van der Waals surface area contributed by atoms with Crippen molar-refractivity contribution in [3.63, 3.8) is 0 Å². The first-order chi connectivity index (χ1) is 33.4. The van der Waals surface area contributed by atoms with E-state index in [1.807, 2.05) is 0 Å². The van der Waals surface area contributed by atoms with E-state index >= 15 is 0 Å². The summed E-state index contributed by atoms with van der Waals surface area (Å²) < 4.78 is 86.9. The van der Waals surface area contributed by atoms with Gasteiger partial charge in [-0.2, -0.15) is 8.62 Å². The fraction of sp³-hybridized carbons (Fsp3) is 0.556. The smallest absolute Gasteiger partial charge is 0.434 e. The van der Waals surface area contributed by atoms with Crippen LogP contribution in [0.3, 0.4) is 0 Å². The Labute approximate surface area is 415 Å². The highest BCUT2D eigenvalue weighted by Crippen LogP contribution is 2.69. The summed E-state index contributed by atoms with van der Waals surface area (Å²) in [5.41, 5.74) is -0.942. The summed E-state index contributed by atoms with van der Waals surface area (Å²) >= 11 is 3.04. The SMILES string of the molecule is CCCCCCCCCCCCCCCCOC(=O)Oc1ccc(COP(=O)(OCc2ccc(OC(=O)CC)cc2)OP(=O)(O)OP(=O)(O)OC[C@H]2O[C@@H](n3cc(/C=C/Br)c(=O)[nH]c3=O)C[C@@H]2O)cc1. The van der Waals surface area contributed by atoms with Gasteiger partial charge in [0.1, 0.15) is 23.8 Å². The van der Waals surface area contributed by atoms with Gasteiger partial charge in [0, 0.05) is 19.0 Å². The Morgan fingerprint density at radius 3 is 1.81 bits per heavy atom. The van der Waals surface area contributed by atoms with Crippen molar-refractivity contribution in [1.82, 2.24) is 9.55 Å². The molecule has 3 unspecified atom stereocenters. The first-order valence-corrected chi connectivity index (χ1v) is 28.6. The summed E-state index contributed by atoms with van der Waals surface area (Å²) in [4.78, 5) is 73.0. The predicted octanol–water partition coefficient (Wildman–Crippen LogP) is 10.7. The highest BCUT2D eigenvalue weighted by atomic mass is 79.9. The van der Waals surface area contributed by atoms with Crippen LogP contribution >= 0.6 is 39.4 Å². The molecule has 1 saturated heterocycles. The zero-order chi connectivity index (χ0) is 51.0. The number of aromatic nitrogens is 2. The summed E-state index contributed by atoms with van der Waals surface area (Å²) in [6.07, 6.45) is 14.3. The highest BCUT2D eigenvalue weighted by molar-refractivity contribution is 9.11. The second kappa shape index (κ2) is 30.4. The average molecular weight is 1110 g/mol. The van der Waals surface area contributed by atoms with Crippen LogP contribution in [0.5, 0.6) is 11.5 Å². The van der Waals surface area contributed by atoms with Crippen LogP contribution in [0.2, 0.25) is 0 Å². The second-order valence-corrected chi connectivity index (χ2v) is 21.7. The number of unbranched alkanes of at least 4 members (excludes halogenated alkanes) is 13. The number of carbonyl (C=O) groups is 2. The van der Waals surface area contributed by atoms with Gasteiger partial charge in [-0.15, -0.1) is 0 Å². The number of nitrogens with one attached hydrogen (secondary N) is 1. The van der Waals surface area contributed by atoms with E-state index < -0.39 is 85.1 Å². The lowest BCUT2D eigenvalue weighted by atomic mass is 10.0. The number of hydrogen-bond donors (Lipinski definition) is 4. The zero-order valence-corrected chi connectivity index (χ0v) is 43.5. The fourth-order valence-electron chi connectivity index (χ4n) is 6.88. The van der Waals surface area contributed by atoms with Crippen molar-refractivity contribution in [1.29, 1.82) is 0 Å². The van der Waals surface area contributed by atoms with Crippen molar-refractivity contribution in [2.45, 2.75) is 148 Å². The van der Waals surface area contributed by atoms with E-state index in [-0.39, 0.29) is 42.1 Å². The predicted molar refractivity (Wildman–Crippen MR) is 260 cm³/mol. The van der Waals surface area contributed by atoms with Gasteiger partial charge in [-0.1, -0.05) is 138 Å². The maximum Gasteiger partial charge on any atom is 0.513 e. The van der Waals surface area contributed by atoms with E-state index in [0.29, 0.717) is 12.0 Å². The average Bonchev–Trinajstić information content (AvgIpc) is 3.69. The van der Waals surface area contributed by atoms with Crippen LogP contribution in [0.1, 0.15) is 139 Å². The lowest BCUT2D eigenvalue weighted by molar-refractivity contribution is -0.134. The maximum atomic E-state index is 13.9. The van der Waals surface area contributed by atoms with E-state index in [1.54, 1.807) is 6.92 Å². The topological polar surface area (TPSA) is 284 Å². The number of phosphoric ester groups is 2. The molecular formula is C45H64BrN2O19P3. The molecule has 3 aromatic rings. The number of phosphoric acid groups is 3. The summed E-state index contributed by atoms with van der Waals surface area (Å²) in [5, 5.41) is 10.6. The Balaban J connectivity index is 1.28. The van der Waals surface area contributed by atoms with Crippen LogP contribution in [0.25, 0.3) is 6.08 Å². The number of ether oxygens (including phenoxy) is 4. The van der Waals surface area contributed by atoms with Crippen molar-refractivity contribution in [2.75, 3.05) is 13.2 Å². The van der Waals surface area contributed by atoms with Crippen LogP contribution in [0.15, 0.2) is 69.3 Å². The van der Waals surface area contributed by atoms with Crippen molar-refractivity contribution < 1.29 is 79.3 Å². The van der Waals surface area contributed by atoms with Crippen LogP contribution in [0, 0.1) is 0 Å². The van der Waals surface area contributed by atoms with E-state index in [2.05, 4.69) is 32.1 Å². The minimum Gasteiger partial charge on any atom is -0.434 e. The number of nitrogens with zero attached hydrogens (tertiary/aromatic N) is 1. The molecule has 0 radical (unpaired) electrons. The molecule has 4 rings (SSSR count). The normalized spacial score (nSPS) is 18.5. The Kier molecular flexibility index (Phi) is 25.7. The van der Waals surface area contributed by atoms with Crippen molar-refractivity contribution in [3.8, 4) is 11.5 Å². The molecule has 1 aliphatic rings. The van der Waals surface area contributed by atoms with Crippen LogP contribution < -0.4 is 20.7 Å². The molecule has 4 N–H and O–H groups in total. The quantitative estimate of drug-likeness (QED) is 0.0145. The lowest BCUT2D eigenvalue weighted by Gasteiger charge is -2.22. The Morgan fingerprint density at radius 1 is 0.757 bits per heavy atom. The fourth-order valence-corrected chi connectivity index (χ4v) is 11.2. The van der Waals surface area contributed by atoms with Gasteiger partial charge in [-0.3, -0.25) is 32.7 Å². The Morgan fingerprint density at radius 2 is 1.29 bits per heavy atom. The van der Waals surface area contributed by atoms with Gasteiger partial charge in [0.25, 0.3) is 5.56 Å². The van der Waals surface area contributed by atoms with Gasteiger partial charge in [0.15, 0.2) is 0 Å². The number of esters is 1. The van der Waals surface area contributed by atoms with Gasteiger partial charge in [0.2, 0.25) is 0 Å². The molecule has 1 fully saturated rings. The Hall–Kier alpha value is -3.59. The van der Waals surface area contributed by atoms with Crippen LogP contribution in [-0.4, -0.2) is 62.0 Å². The van der Waals surface area contributed by atoms with Crippen molar-refractivity contribution >= 4 is 57.6 Å². The number of aromatic amines is 1. The molecule has 1 aliphatic heterocycles. The standard InChI is InChI=1S/C45H64BrN2O19P3/c1-3-5-6-7-8-9-10-11-12-13-14-15-16-17-28-59-45(53)64-38-24-20-35(21-25-38)32-62-70(58,61-31-34-18-22-37(23-19-34)63-42(50)4-2)67-69(56,57)66-68(54,55)60-33-40-39(49)29-41(65-40)48-30-36(26-27-46)43(51)47-44(48)52/h18-27,30,39-41,49H,3-17,28-29,31-33H2,1-2H3,(H,54,55)(H,56,57)(H,47,51,52)/b27-26+/t39-,40+,41+,70?/m0/s1. The lowest BCUT2D eigenvalue weighted by Crippen LogP contribution is -2.33. The number of H-pyrrole nitrogens is 1. The molecule has 0 saturated carbocycles. The highest BCUT2D eigenvalue weighted by Gasteiger charge is 2.45. The van der Waals surface area contributed by atoms with Gasteiger partial charge in [-0.05, 0) is 52.9 Å². The molecule has 0 amide bonds. The van der Waals surface area contributed by atoms with Gasteiger partial charge in [-0.25, -0.2) is 23.3 Å². The monoisotopic (exact) mass is 1110 g/mol. The zero-order valence-electron chi connectivity index (χ0n) is 39.3. The molecule has 1 aromatic heterocycles. The maximum absolute atomic E-state index is 13.9.